The molecule has 0 bridgehead atoms. The van der Waals surface area contributed by atoms with E-state index in [1.165, 1.54) is 0 Å². The molecule has 1 heterocycles. The van der Waals surface area contributed by atoms with Crippen molar-refractivity contribution in [2.75, 3.05) is 40.3 Å². The molecule has 1 fully saturated rings. The summed E-state index contributed by atoms with van der Waals surface area (Å²) in [6.07, 6.45) is 2.26. The summed E-state index contributed by atoms with van der Waals surface area (Å²) in [5, 5.41) is 2.68. The van der Waals surface area contributed by atoms with Gasteiger partial charge in [-0.05, 0) is 63.0 Å². The van der Waals surface area contributed by atoms with Gasteiger partial charge in [0.1, 0.15) is 5.82 Å². The Bertz CT molecular complexity index is 527. The second-order valence-electron chi connectivity index (χ2n) is 6.67. The van der Waals surface area contributed by atoms with E-state index < -0.39 is 0 Å². The minimum Gasteiger partial charge on any atom is -0.358 e. The van der Waals surface area contributed by atoms with E-state index in [-0.39, 0.29) is 11.7 Å². The van der Waals surface area contributed by atoms with Gasteiger partial charge in [-0.2, -0.15) is 0 Å². The molecule has 0 atom stereocenters. The number of benzene rings is 1. The average molecular weight is 321 g/mol. The molecule has 1 aromatic rings. The third-order valence-corrected chi connectivity index (χ3v) is 4.60. The second-order valence-corrected chi connectivity index (χ2v) is 6.67. The first-order chi connectivity index (χ1) is 11.0. The van der Waals surface area contributed by atoms with Crippen LogP contribution in [0.15, 0.2) is 18.2 Å². The number of amides is 1. The number of carbonyl (C=O) groups excluding carboxylic acids is 1. The molecule has 0 aromatic heterocycles. The van der Waals surface area contributed by atoms with Crippen molar-refractivity contribution in [2.24, 2.45) is 5.92 Å². The summed E-state index contributed by atoms with van der Waals surface area (Å²) in [5.41, 5.74) is 1.86. The number of hydrogen-bond acceptors (Lipinski definition) is 3. The van der Waals surface area contributed by atoms with Crippen molar-refractivity contribution < 1.29 is 9.18 Å². The molecule has 23 heavy (non-hydrogen) atoms. The van der Waals surface area contributed by atoms with Gasteiger partial charge in [-0.3, -0.25) is 9.69 Å². The summed E-state index contributed by atoms with van der Waals surface area (Å²) in [6, 6.07) is 5.35. The molecule has 1 saturated heterocycles. The molecular formula is C18H28FN3O. The largest absolute Gasteiger partial charge is 0.358 e. The standard InChI is InChI=1S/C18H28FN3O/c1-14-10-16(4-5-17(14)19)12-21(3)11-15-6-8-22(9-7-15)13-18(23)20-2/h4-5,10,15H,6-9,11-13H2,1-3H3,(H,20,23). The van der Waals surface area contributed by atoms with E-state index in [1.807, 2.05) is 12.1 Å². The first-order valence-electron chi connectivity index (χ1n) is 8.34. The molecule has 1 N–H and O–H groups in total. The number of halogens is 1. The van der Waals surface area contributed by atoms with Crippen LogP contribution in [0.4, 0.5) is 4.39 Å². The Kier molecular flexibility index (Phi) is 6.54. The zero-order chi connectivity index (χ0) is 16.8. The summed E-state index contributed by atoms with van der Waals surface area (Å²) in [5.74, 6) is 0.620. The zero-order valence-electron chi connectivity index (χ0n) is 14.4. The molecule has 5 heteroatoms. The molecule has 2 rings (SSSR count). The van der Waals surface area contributed by atoms with Crippen LogP contribution in [0.2, 0.25) is 0 Å². The smallest absolute Gasteiger partial charge is 0.233 e. The Hall–Kier alpha value is -1.46. The highest BCUT2D eigenvalue weighted by molar-refractivity contribution is 5.77. The maximum absolute atomic E-state index is 13.3. The molecule has 4 nitrogen and oxygen atoms in total. The van der Waals surface area contributed by atoms with Crippen molar-refractivity contribution in [1.82, 2.24) is 15.1 Å². The van der Waals surface area contributed by atoms with E-state index in [2.05, 4.69) is 22.2 Å². The number of aryl methyl sites for hydroxylation is 1. The Morgan fingerprint density at radius 1 is 1.39 bits per heavy atom. The number of nitrogens with zero attached hydrogens (tertiary/aromatic N) is 2. The third-order valence-electron chi connectivity index (χ3n) is 4.60. The average Bonchev–Trinajstić information content (AvgIpc) is 2.52. The number of carbonyl (C=O) groups is 1. The van der Waals surface area contributed by atoms with E-state index >= 15 is 0 Å². The number of nitrogens with one attached hydrogen (secondary N) is 1. The van der Waals surface area contributed by atoms with Crippen molar-refractivity contribution in [3.8, 4) is 0 Å². The van der Waals surface area contributed by atoms with Crippen molar-refractivity contribution in [3.63, 3.8) is 0 Å². The molecule has 1 aliphatic rings. The SMILES string of the molecule is CNC(=O)CN1CCC(CN(C)Cc2ccc(F)c(C)c2)CC1. The quantitative estimate of drug-likeness (QED) is 0.871. The zero-order valence-corrected chi connectivity index (χ0v) is 14.4. The van der Waals surface area contributed by atoms with Gasteiger partial charge < -0.3 is 10.2 Å². The van der Waals surface area contributed by atoms with E-state index in [1.54, 1.807) is 20.0 Å². The summed E-state index contributed by atoms with van der Waals surface area (Å²) >= 11 is 0. The first-order valence-corrected chi connectivity index (χ1v) is 8.34. The lowest BCUT2D eigenvalue weighted by Gasteiger charge is -2.33. The molecule has 0 saturated carbocycles. The van der Waals surface area contributed by atoms with E-state index in [9.17, 15) is 9.18 Å². The Balaban J connectivity index is 1.75. The number of likely N-dealkylation sites (tertiary alicyclic amines) is 1. The van der Waals surface area contributed by atoms with Gasteiger partial charge in [-0.25, -0.2) is 4.39 Å². The lowest BCUT2D eigenvalue weighted by atomic mass is 9.96. The predicted octanol–water partition coefficient (Wildman–Crippen LogP) is 2.02. The molecule has 0 aliphatic carbocycles. The Morgan fingerprint density at radius 2 is 2.09 bits per heavy atom. The molecule has 0 spiro atoms. The fourth-order valence-corrected chi connectivity index (χ4v) is 3.23. The summed E-state index contributed by atoms with van der Waals surface area (Å²) < 4.78 is 13.3. The molecule has 0 unspecified atom stereocenters. The van der Waals surface area contributed by atoms with Crippen LogP contribution in [0.25, 0.3) is 0 Å². The summed E-state index contributed by atoms with van der Waals surface area (Å²) in [7, 11) is 3.80. The van der Waals surface area contributed by atoms with E-state index in [0.717, 1.165) is 44.6 Å². The maximum atomic E-state index is 13.3. The maximum Gasteiger partial charge on any atom is 0.233 e. The van der Waals surface area contributed by atoms with Crippen molar-refractivity contribution in [3.05, 3.63) is 35.1 Å². The van der Waals surface area contributed by atoms with Crippen LogP contribution in [-0.2, 0) is 11.3 Å². The number of hydrogen-bond donors (Lipinski definition) is 1. The first kappa shape index (κ1) is 17.9. The van der Waals surface area contributed by atoms with Crippen LogP contribution in [0.5, 0.6) is 0 Å². The Morgan fingerprint density at radius 3 is 2.70 bits per heavy atom. The second kappa shape index (κ2) is 8.41. The summed E-state index contributed by atoms with van der Waals surface area (Å²) in [6.45, 7) is 6.18. The van der Waals surface area contributed by atoms with Gasteiger partial charge in [-0.1, -0.05) is 12.1 Å². The van der Waals surface area contributed by atoms with Gasteiger partial charge in [0.05, 0.1) is 6.54 Å². The van der Waals surface area contributed by atoms with Gasteiger partial charge >= 0.3 is 0 Å². The minimum absolute atomic E-state index is 0.0900. The number of piperidine rings is 1. The minimum atomic E-state index is -0.139. The van der Waals surface area contributed by atoms with E-state index in [0.29, 0.717) is 18.0 Å². The molecule has 1 amide bonds. The fraction of sp³-hybridized carbons (Fsp3) is 0.611. The van der Waals surface area contributed by atoms with E-state index in [4.69, 9.17) is 0 Å². The Labute approximate surface area is 138 Å². The van der Waals surface area contributed by atoms with Crippen LogP contribution in [0, 0.1) is 18.7 Å². The highest BCUT2D eigenvalue weighted by Crippen LogP contribution is 2.19. The van der Waals surface area contributed by atoms with Crippen molar-refractivity contribution in [1.29, 1.82) is 0 Å². The van der Waals surface area contributed by atoms with Crippen molar-refractivity contribution in [2.45, 2.75) is 26.3 Å². The highest BCUT2D eigenvalue weighted by Gasteiger charge is 2.21. The van der Waals surface area contributed by atoms with Crippen LogP contribution >= 0.6 is 0 Å². The van der Waals surface area contributed by atoms with Gasteiger partial charge in [0, 0.05) is 20.1 Å². The van der Waals surface area contributed by atoms with Gasteiger partial charge in [-0.15, -0.1) is 0 Å². The molecule has 128 valence electrons. The van der Waals surface area contributed by atoms with Crippen LogP contribution in [0.3, 0.4) is 0 Å². The van der Waals surface area contributed by atoms with Crippen molar-refractivity contribution >= 4 is 5.91 Å². The predicted molar refractivity (Wildman–Crippen MR) is 90.7 cm³/mol. The monoisotopic (exact) mass is 321 g/mol. The van der Waals surface area contributed by atoms with Crippen LogP contribution in [0.1, 0.15) is 24.0 Å². The van der Waals surface area contributed by atoms with Gasteiger partial charge in [0.2, 0.25) is 5.91 Å². The normalized spacial score (nSPS) is 16.7. The topological polar surface area (TPSA) is 35.6 Å². The molecule has 1 aromatic carbocycles. The third kappa shape index (κ3) is 5.59. The number of rotatable bonds is 6. The molecular weight excluding hydrogens is 293 g/mol. The van der Waals surface area contributed by atoms with Crippen LogP contribution < -0.4 is 5.32 Å². The molecule has 1 aliphatic heterocycles. The number of likely N-dealkylation sites (N-methyl/N-ethyl adjacent to an activating group) is 1. The van der Waals surface area contributed by atoms with Crippen LogP contribution in [-0.4, -0.2) is 56.0 Å². The van der Waals surface area contributed by atoms with Gasteiger partial charge in [0.15, 0.2) is 0 Å². The summed E-state index contributed by atoms with van der Waals surface area (Å²) in [4.78, 5) is 15.9. The molecule has 0 radical (unpaired) electrons. The lowest BCUT2D eigenvalue weighted by Crippen LogP contribution is -2.42. The lowest BCUT2D eigenvalue weighted by molar-refractivity contribution is -0.122. The highest BCUT2D eigenvalue weighted by atomic mass is 19.1. The van der Waals surface area contributed by atoms with Gasteiger partial charge in [0.25, 0.3) is 0 Å². The fourth-order valence-electron chi connectivity index (χ4n) is 3.23.